The number of rotatable bonds is 6. The van der Waals surface area contributed by atoms with Gasteiger partial charge in [-0.1, -0.05) is 30.7 Å². The largest absolute Gasteiger partial charge is 0.325 e. The van der Waals surface area contributed by atoms with Gasteiger partial charge in [0.05, 0.1) is 0 Å². The minimum Gasteiger partial charge on any atom is -0.325 e. The third-order valence-corrected chi connectivity index (χ3v) is 4.35. The second kappa shape index (κ2) is 7.39. The molecule has 1 unspecified atom stereocenters. The van der Waals surface area contributed by atoms with Crippen LogP contribution in [0.4, 0.5) is 0 Å². The Morgan fingerprint density at radius 3 is 2.48 bits per heavy atom. The summed E-state index contributed by atoms with van der Waals surface area (Å²) in [5.74, 6) is 0. The number of benzene rings is 1. The van der Waals surface area contributed by atoms with Gasteiger partial charge in [-0.05, 0) is 63.7 Å². The molecule has 1 aliphatic heterocycles. The molecule has 0 radical (unpaired) electrons. The van der Waals surface area contributed by atoms with Crippen LogP contribution in [0.15, 0.2) is 24.3 Å². The van der Waals surface area contributed by atoms with E-state index in [1.165, 1.54) is 43.5 Å². The molecule has 118 valence electrons. The highest BCUT2D eigenvalue weighted by molar-refractivity contribution is 5.30. The summed E-state index contributed by atoms with van der Waals surface area (Å²) in [5, 5.41) is 0. The molecule has 1 saturated heterocycles. The number of hydrogen-bond donors (Lipinski definition) is 2. The highest BCUT2D eigenvalue weighted by atomic mass is 15.1. The van der Waals surface area contributed by atoms with Crippen molar-refractivity contribution in [1.82, 2.24) is 4.90 Å². The van der Waals surface area contributed by atoms with Crippen LogP contribution in [0.25, 0.3) is 0 Å². The molecule has 1 aromatic carbocycles. The fourth-order valence-electron chi connectivity index (χ4n) is 3.26. The summed E-state index contributed by atoms with van der Waals surface area (Å²) in [5.41, 5.74) is 15.0. The molecule has 0 spiro atoms. The van der Waals surface area contributed by atoms with Crippen LogP contribution in [0.3, 0.4) is 0 Å². The normalized spacial score (nSPS) is 18.7. The lowest BCUT2D eigenvalue weighted by molar-refractivity contribution is 0.231. The van der Waals surface area contributed by atoms with Gasteiger partial charge in [-0.3, -0.25) is 0 Å². The molecule has 2 rings (SSSR count). The molecule has 4 N–H and O–H groups in total. The first kappa shape index (κ1) is 16.5. The van der Waals surface area contributed by atoms with Crippen LogP contribution in [0.2, 0.25) is 0 Å². The number of likely N-dealkylation sites (tertiary alicyclic amines) is 1. The summed E-state index contributed by atoms with van der Waals surface area (Å²) in [6, 6.07) is 8.63. The highest BCUT2D eigenvalue weighted by Crippen LogP contribution is 2.24. The first-order valence-corrected chi connectivity index (χ1v) is 8.30. The van der Waals surface area contributed by atoms with Crippen LogP contribution in [0.5, 0.6) is 0 Å². The zero-order valence-electron chi connectivity index (χ0n) is 13.6. The first-order chi connectivity index (χ1) is 9.96. The van der Waals surface area contributed by atoms with E-state index >= 15 is 0 Å². The van der Waals surface area contributed by atoms with Crippen molar-refractivity contribution >= 4 is 0 Å². The quantitative estimate of drug-likeness (QED) is 0.846. The monoisotopic (exact) mass is 289 g/mol. The maximum Gasteiger partial charge on any atom is 0.0314 e. The second-order valence-electron chi connectivity index (χ2n) is 7.15. The summed E-state index contributed by atoms with van der Waals surface area (Å²) >= 11 is 0. The third-order valence-electron chi connectivity index (χ3n) is 4.35. The Bertz CT molecular complexity index is 430. The lowest BCUT2D eigenvalue weighted by Crippen LogP contribution is -2.36. The third kappa shape index (κ3) is 5.42. The molecule has 3 heteroatoms. The molecular weight excluding hydrogens is 258 g/mol. The smallest absolute Gasteiger partial charge is 0.0314 e. The van der Waals surface area contributed by atoms with Crippen LogP contribution < -0.4 is 11.5 Å². The van der Waals surface area contributed by atoms with Crippen LogP contribution in [-0.2, 0) is 6.42 Å². The average molecular weight is 289 g/mol. The van der Waals surface area contributed by atoms with Crippen molar-refractivity contribution in [1.29, 1.82) is 0 Å². The molecule has 1 aromatic rings. The summed E-state index contributed by atoms with van der Waals surface area (Å²) in [6.45, 7) is 7.75. The topological polar surface area (TPSA) is 55.3 Å². The van der Waals surface area contributed by atoms with Gasteiger partial charge in [0, 0.05) is 18.1 Å². The predicted molar refractivity (Wildman–Crippen MR) is 90.2 cm³/mol. The Kier molecular flexibility index (Phi) is 5.80. The molecule has 0 bridgehead atoms. The lowest BCUT2D eigenvalue weighted by Gasteiger charge is -2.28. The minimum absolute atomic E-state index is 0.0301. The van der Waals surface area contributed by atoms with Crippen molar-refractivity contribution in [2.75, 3.05) is 19.6 Å². The van der Waals surface area contributed by atoms with E-state index in [2.05, 4.69) is 29.2 Å². The van der Waals surface area contributed by atoms with E-state index < -0.39 is 0 Å². The number of hydrogen-bond acceptors (Lipinski definition) is 3. The Labute approximate surface area is 129 Å². The molecule has 0 saturated carbocycles. The molecule has 3 nitrogen and oxygen atoms in total. The van der Waals surface area contributed by atoms with Crippen molar-refractivity contribution in [3.05, 3.63) is 35.4 Å². The van der Waals surface area contributed by atoms with Gasteiger partial charge in [-0.25, -0.2) is 0 Å². The van der Waals surface area contributed by atoms with Crippen LogP contribution in [0.1, 0.15) is 56.7 Å². The molecule has 0 aliphatic carbocycles. The first-order valence-electron chi connectivity index (χ1n) is 8.30. The predicted octanol–water partition coefficient (Wildman–Crippen LogP) is 2.84. The van der Waals surface area contributed by atoms with Crippen molar-refractivity contribution in [3.8, 4) is 0 Å². The number of nitrogens with zero attached hydrogens (tertiary/aromatic N) is 1. The molecule has 1 atom stereocenters. The Balaban J connectivity index is 1.98. The number of nitrogens with two attached hydrogens (primary N) is 2. The molecular formula is C18H31N3. The van der Waals surface area contributed by atoms with E-state index in [9.17, 15) is 0 Å². The van der Waals surface area contributed by atoms with Gasteiger partial charge in [0.15, 0.2) is 0 Å². The molecule has 0 aromatic heterocycles. The van der Waals surface area contributed by atoms with E-state index in [0.717, 1.165) is 19.4 Å². The molecule has 21 heavy (non-hydrogen) atoms. The van der Waals surface area contributed by atoms with Gasteiger partial charge in [-0.15, -0.1) is 0 Å². The van der Waals surface area contributed by atoms with Gasteiger partial charge in [0.1, 0.15) is 0 Å². The Morgan fingerprint density at radius 2 is 1.81 bits per heavy atom. The second-order valence-corrected chi connectivity index (χ2v) is 7.15. The van der Waals surface area contributed by atoms with Crippen LogP contribution in [0, 0.1) is 0 Å². The summed E-state index contributed by atoms with van der Waals surface area (Å²) in [7, 11) is 0. The van der Waals surface area contributed by atoms with E-state index in [1.54, 1.807) is 0 Å². The van der Waals surface area contributed by atoms with E-state index in [1.807, 2.05) is 13.8 Å². The van der Waals surface area contributed by atoms with Gasteiger partial charge in [0.2, 0.25) is 0 Å². The van der Waals surface area contributed by atoms with Gasteiger partial charge < -0.3 is 16.4 Å². The zero-order chi connectivity index (χ0) is 15.3. The zero-order valence-corrected chi connectivity index (χ0v) is 13.6. The summed E-state index contributed by atoms with van der Waals surface area (Å²) in [6.07, 6.45) is 6.00. The van der Waals surface area contributed by atoms with Crippen LogP contribution in [-0.4, -0.2) is 30.1 Å². The van der Waals surface area contributed by atoms with E-state index in [4.69, 9.17) is 11.5 Å². The van der Waals surface area contributed by atoms with Crippen LogP contribution >= 0.6 is 0 Å². The Morgan fingerprint density at radius 1 is 1.14 bits per heavy atom. The Hall–Kier alpha value is -0.900. The lowest BCUT2D eigenvalue weighted by atomic mass is 9.89. The SMILES string of the molecule is CC(C)(N)CC(N)c1ccccc1CCN1CCCCC1. The van der Waals surface area contributed by atoms with Crippen molar-refractivity contribution < 1.29 is 0 Å². The van der Waals surface area contributed by atoms with Gasteiger partial charge in [-0.2, -0.15) is 0 Å². The highest BCUT2D eigenvalue weighted by Gasteiger charge is 2.19. The van der Waals surface area contributed by atoms with Crippen molar-refractivity contribution in [3.63, 3.8) is 0 Å². The molecule has 0 amide bonds. The van der Waals surface area contributed by atoms with Crippen molar-refractivity contribution in [2.45, 2.75) is 57.5 Å². The molecule has 1 heterocycles. The van der Waals surface area contributed by atoms with Gasteiger partial charge in [0.25, 0.3) is 0 Å². The van der Waals surface area contributed by atoms with Crippen molar-refractivity contribution in [2.24, 2.45) is 11.5 Å². The maximum absolute atomic E-state index is 6.40. The average Bonchev–Trinajstić information content (AvgIpc) is 2.45. The summed E-state index contributed by atoms with van der Waals surface area (Å²) in [4.78, 5) is 2.58. The fraction of sp³-hybridized carbons (Fsp3) is 0.667. The maximum atomic E-state index is 6.40. The van der Waals surface area contributed by atoms with E-state index in [0.29, 0.717) is 0 Å². The van der Waals surface area contributed by atoms with Gasteiger partial charge >= 0.3 is 0 Å². The van der Waals surface area contributed by atoms with E-state index in [-0.39, 0.29) is 11.6 Å². The minimum atomic E-state index is -0.223. The summed E-state index contributed by atoms with van der Waals surface area (Å²) < 4.78 is 0. The molecule has 1 fully saturated rings. The number of piperidine rings is 1. The molecule has 1 aliphatic rings. The standard InChI is InChI=1S/C18H31N3/c1-18(2,20)14-17(19)16-9-5-4-8-15(16)10-13-21-11-6-3-7-12-21/h4-5,8-9,17H,3,6-7,10-14,19-20H2,1-2H3. The fourth-order valence-corrected chi connectivity index (χ4v) is 3.26.